The first-order valence-electron chi connectivity index (χ1n) is 6.47. The Balaban J connectivity index is 2.12. The first-order valence-corrected chi connectivity index (χ1v) is 6.47. The number of hydrogen-bond donors (Lipinski definition) is 2. The van der Waals surface area contributed by atoms with Crippen molar-refractivity contribution in [3.05, 3.63) is 12.1 Å². The molecule has 1 aromatic rings. The van der Waals surface area contributed by atoms with Crippen LogP contribution in [0.2, 0.25) is 0 Å². The van der Waals surface area contributed by atoms with Gasteiger partial charge >= 0.3 is 0 Å². The van der Waals surface area contributed by atoms with Gasteiger partial charge in [-0.05, 0) is 38.8 Å². The first kappa shape index (κ1) is 13.0. The summed E-state index contributed by atoms with van der Waals surface area (Å²) in [6.45, 7) is 4.47. The van der Waals surface area contributed by atoms with Crippen LogP contribution in [0.4, 0.5) is 11.5 Å². The number of anilines is 2. The number of ether oxygens (including phenoxy) is 1. The molecule has 0 saturated carbocycles. The van der Waals surface area contributed by atoms with Crippen LogP contribution in [-0.2, 0) is 0 Å². The Hall–Kier alpha value is -1.49. The monoisotopic (exact) mass is 250 g/mol. The van der Waals surface area contributed by atoms with Crippen molar-refractivity contribution in [3.8, 4) is 5.88 Å². The van der Waals surface area contributed by atoms with Crippen LogP contribution in [-0.4, -0.2) is 29.2 Å². The fourth-order valence-electron chi connectivity index (χ4n) is 2.45. The van der Waals surface area contributed by atoms with Gasteiger partial charge in [-0.15, -0.1) is 0 Å². The van der Waals surface area contributed by atoms with Crippen molar-refractivity contribution in [2.75, 3.05) is 18.3 Å². The topological polar surface area (TPSA) is 63.4 Å². The fourth-order valence-corrected chi connectivity index (χ4v) is 2.45. The number of nitrogens with one attached hydrogen (secondary N) is 1. The molecule has 0 radical (unpaired) electrons. The number of piperidine rings is 1. The zero-order valence-corrected chi connectivity index (χ0v) is 11.3. The van der Waals surface area contributed by atoms with E-state index in [1.807, 2.05) is 12.1 Å². The van der Waals surface area contributed by atoms with Crippen LogP contribution < -0.4 is 15.9 Å². The molecule has 1 aliphatic heterocycles. The van der Waals surface area contributed by atoms with E-state index in [0.717, 1.165) is 5.82 Å². The third-order valence-corrected chi connectivity index (χ3v) is 3.52. The highest BCUT2D eigenvalue weighted by atomic mass is 16.5. The molecule has 0 spiro atoms. The van der Waals surface area contributed by atoms with Gasteiger partial charge in [-0.3, -0.25) is 0 Å². The van der Waals surface area contributed by atoms with Crippen molar-refractivity contribution in [2.24, 2.45) is 0 Å². The van der Waals surface area contributed by atoms with Crippen LogP contribution in [0.15, 0.2) is 12.1 Å². The van der Waals surface area contributed by atoms with Crippen molar-refractivity contribution in [1.29, 1.82) is 0 Å². The second kappa shape index (κ2) is 5.44. The summed E-state index contributed by atoms with van der Waals surface area (Å²) in [6, 6.07) is 4.72. The zero-order valence-electron chi connectivity index (χ0n) is 11.3. The normalized spacial score (nSPS) is 24.8. The molecule has 2 unspecified atom stereocenters. The van der Waals surface area contributed by atoms with Gasteiger partial charge in [0.15, 0.2) is 0 Å². The van der Waals surface area contributed by atoms with Gasteiger partial charge in [-0.1, -0.05) is 6.42 Å². The molecule has 2 heterocycles. The summed E-state index contributed by atoms with van der Waals surface area (Å²) in [6.07, 6.45) is 3.71. The number of rotatable bonds is 3. The van der Waals surface area contributed by atoms with Gasteiger partial charge in [0.05, 0.1) is 12.8 Å². The Kier molecular flexibility index (Phi) is 3.91. The maximum atomic E-state index is 5.76. The van der Waals surface area contributed by atoms with Crippen LogP contribution in [0.1, 0.15) is 33.1 Å². The van der Waals surface area contributed by atoms with E-state index >= 15 is 0 Å². The molecule has 100 valence electrons. The summed E-state index contributed by atoms with van der Waals surface area (Å²) in [5, 5.41) is 2.27. The van der Waals surface area contributed by atoms with E-state index in [2.05, 4.69) is 29.3 Å². The van der Waals surface area contributed by atoms with E-state index in [1.54, 1.807) is 7.11 Å². The van der Waals surface area contributed by atoms with Crippen molar-refractivity contribution in [1.82, 2.24) is 9.99 Å². The molecule has 1 aromatic heterocycles. The highest BCUT2D eigenvalue weighted by Crippen LogP contribution is 2.25. The van der Waals surface area contributed by atoms with Crippen LogP contribution in [0.5, 0.6) is 5.88 Å². The van der Waals surface area contributed by atoms with Crippen molar-refractivity contribution < 1.29 is 4.74 Å². The third-order valence-electron chi connectivity index (χ3n) is 3.52. The quantitative estimate of drug-likeness (QED) is 0.861. The number of nitrogens with zero attached hydrogens (tertiary/aromatic N) is 2. The minimum Gasteiger partial charge on any atom is -0.479 e. The van der Waals surface area contributed by atoms with E-state index in [4.69, 9.17) is 10.5 Å². The Morgan fingerprint density at radius 3 is 2.61 bits per heavy atom. The number of methoxy groups -OCH3 is 1. The average molecular weight is 250 g/mol. The lowest BCUT2D eigenvalue weighted by Gasteiger charge is -2.39. The molecule has 5 nitrogen and oxygen atoms in total. The zero-order chi connectivity index (χ0) is 13.1. The summed E-state index contributed by atoms with van der Waals surface area (Å²) in [5.74, 6) is 1.25. The van der Waals surface area contributed by atoms with Crippen LogP contribution in [0.25, 0.3) is 0 Å². The molecule has 0 amide bonds. The average Bonchev–Trinajstić information content (AvgIpc) is 2.36. The summed E-state index contributed by atoms with van der Waals surface area (Å²) in [5.41, 5.74) is 9.69. The number of nitrogens with two attached hydrogens (primary N) is 1. The van der Waals surface area contributed by atoms with Crippen LogP contribution in [0, 0.1) is 0 Å². The molecule has 0 bridgehead atoms. The second-order valence-corrected chi connectivity index (χ2v) is 4.94. The minimum absolute atomic E-state index is 0.470. The van der Waals surface area contributed by atoms with Crippen molar-refractivity contribution in [3.63, 3.8) is 0 Å². The summed E-state index contributed by atoms with van der Waals surface area (Å²) >= 11 is 0. The van der Waals surface area contributed by atoms with E-state index in [1.165, 1.54) is 19.3 Å². The first-order chi connectivity index (χ1) is 8.61. The Morgan fingerprint density at radius 1 is 1.33 bits per heavy atom. The molecule has 0 aliphatic carbocycles. The lowest BCUT2D eigenvalue weighted by Crippen LogP contribution is -2.47. The standard InChI is InChI=1S/C13H22N4O/c1-9-5-4-6-10(2)17(9)16-12-8-7-11(14)13(15-12)18-3/h7-10H,4-6,14H2,1-3H3,(H,15,16). The molecule has 18 heavy (non-hydrogen) atoms. The third kappa shape index (κ3) is 2.67. The molecule has 1 aliphatic rings. The smallest absolute Gasteiger partial charge is 0.238 e. The SMILES string of the molecule is COc1nc(NN2C(C)CCCC2C)ccc1N. The van der Waals surface area contributed by atoms with E-state index in [-0.39, 0.29) is 0 Å². The molecule has 5 heteroatoms. The molecule has 1 saturated heterocycles. The molecule has 2 atom stereocenters. The highest BCUT2D eigenvalue weighted by Gasteiger charge is 2.25. The van der Waals surface area contributed by atoms with Gasteiger partial charge in [0.25, 0.3) is 0 Å². The summed E-state index contributed by atoms with van der Waals surface area (Å²) in [4.78, 5) is 4.35. The maximum Gasteiger partial charge on any atom is 0.238 e. The number of pyridine rings is 1. The molecular formula is C13H22N4O. The van der Waals surface area contributed by atoms with Gasteiger partial charge in [-0.2, -0.15) is 4.98 Å². The van der Waals surface area contributed by atoms with E-state index < -0.39 is 0 Å². The van der Waals surface area contributed by atoms with Gasteiger partial charge in [0.2, 0.25) is 5.88 Å². The Labute approximate surface area is 108 Å². The van der Waals surface area contributed by atoms with Crippen molar-refractivity contribution >= 4 is 11.5 Å². The maximum absolute atomic E-state index is 5.76. The van der Waals surface area contributed by atoms with Crippen LogP contribution >= 0.6 is 0 Å². The van der Waals surface area contributed by atoms with Gasteiger partial charge in [0.1, 0.15) is 5.82 Å². The molecular weight excluding hydrogens is 228 g/mol. The molecule has 2 rings (SSSR count). The number of hydrogen-bond acceptors (Lipinski definition) is 5. The number of hydrazine groups is 1. The van der Waals surface area contributed by atoms with Gasteiger partial charge < -0.3 is 15.9 Å². The predicted molar refractivity (Wildman–Crippen MR) is 73.4 cm³/mol. The van der Waals surface area contributed by atoms with E-state index in [0.29, 0.717) is 23.7 Å². The highest BCUT2D eigenvalue weighted by molar-refractivity contribution is 5.53. The Bertz CT molecular complexity index is 400. The molecule has 3 N–H and O–H groups in total. The Morgan fingerprint density at radius 2 is 2.00 bits per heavy atom. The minimum atomic E-state index is 0.470. The van der Waals surface area contributed by atoms with Crippen LogP contribution in [0.3, 0.4) is 0 Å². The van der Waals surface area contributed by atoms with Gasteiger partial charge in [-0.25, -0.2) is 5.01 Å². The van der Waals surface area contributed by atoms with Crippen molar-refractivity contribution in [2.45, 2.75) is 45.2 Å². The number of nitrogen functional groups attached to an aromatic ring is 1. The lowest BCUT2D eigenvalue weighted by molar-refractivity contribution is 0.135. The van der Waals surface area contributed by atoms with Gasteiger partial charge in [0, 0.05) is 12.1 Å². The summed E-state index contributed by atoms with van der Waals surface area (Å²) in [7, 11) is 1.58. The number of aromatic nitrogens is 1. The lowest BCUT2D eigenvalue weighted by atomic mass is 10.00. The second-order valence-electron chi connectivity index (χ2n) is 4.94. The molecule has 1 fully saturated rings. The fraction of sp³-hybridized carbons (Fsp3) is 0.615. The largest absolute Gasteiger partial charge is 0.479 e. The molecule has 0 aromatic carbocycles. The predicted octanol–water partition coefficient (Wildman–Crippen LogP) is 2.26. The summed E-state index contributed by atoms with van der Waals surface area (Å²) < 4.78 is 5.13. The van der Waals surface area contributed by atoms with E-state index in [9.17, 15) is 0 Å².